The molecule has 0 aliphatic carbocycles. The summed E-state index contributed by atoms with van der Waals surface area (Å²) in [5, 5.41) is 6.81. The quantitative estimate of drug-likeness (QED) is 0.143. The van der Waals surface area contributed by atoms with Gasteiger partial charge in [-0.05, 0) is 158 Å². The first kappa shape index (κ1) is 37.0. The highest BCUT2D eigenvalue weighted by Gasteiger charge is 2.15. The van der Waals surface area contributed by atoms with Gasteiger partial charge in [0.05, 0.1) is 0 Å². The van der Waals surface area contributed by atoms with Crippen molar-refractivity contribution >= 4 is 119 Å². The number of benzene rings is 9. The highest BCUT2D eigenvalue weighted by molar-refractivity contribution is 5.97. The molecule has 0 bridgehead atoms. The molecule has 0 unspecified atom stereocenters. The number of fused-ring (bicyclic) bond motifs is 6. The minimum Gasteiger partial charge on any atom is -0.437 e. The van der Waals surface area contributed by atoms with Gasteiger partial charge in [0.2, 0.25) is 17.7 Å². The molecule has 7 nitrogen and oxygen atoms in total. The summed E-state index contributed by atoms with van der Waals surface area (Å²) in [6.07, 6.45) is 11.9. The highest BCUT2D eigenvalue weighted by atomic mass is 16.4. The first-order valence-corrected chi connectivity index (χ1v) is 21.1. The standard InChI is InChI=1S/C57H36N4O3/c1-4-10-52-49(7-1)58-55(62-52)28-16-37-13-19-43-34-46(25-22-40(43)31-37)61(47-26-23-41-32-38(14-20-44(41)35-47)17-29-56-59-50-8-2-5-11-53(50)63-56)48-27-24-42-33-39(15-21-45(42)36-48)18-30-57-60-51-9-3-6-12-54(51)64-57/h1-36H/b28-16+,29-17+,30-18+. The van der Waals surface area contributed by atoms with Gasteiger partial charge in [-0.15, -0.1) is 0 Å². The lowest BCUT2D eigenvalue weighted by molar-refractivity contribution is 0.589. The second-order valence-electron chi connectivity index (χ2n) is 15.8. The van der Waals surface area contributed by atoms with E-state index in [0.717, 1.165) is 99.4 Å². The molecule has 9 aromatic carbocycles. The van der Waals surface area contributed by atoms with Crippen LogP contribution in [0.2, 0.25) is 0 Å². The number of anilines is 3. The third kappa shape index (κ3) is 7.27. The molecule has 0 saturated carbocycles. The Hall–Kier alpha value is -8.81. The topological polar surface area (TPSA) is 81.3 Å². The average molecular weight is 825 g/mol. The zero-order valence-electron chi connectivity index (χ0n) is 34.3. The molecular formula is C57H36N4O3. The van der Waals surface area contributed by atoms with Gasteiger partial charge in [-0.3, -0.25) is 0 Å². The summed E-state index contributed by atoms with van der Waals surface area (Å²) in [5.41, 5.74) is 11.2. The van der Waals surface area contributed by atoms with Crippen molar-refractivity contribution in [1.82, 2.24) is 15.0 Å². The maximum atomic E-state index is 5.92. The Bertz CT molecular complexity index is 3330. The van der Waals surface area contributed by atoms with Crippen LogP contribution in [0.5, 0.6) is 0 Å². The minimum absolute atomic E-state index is 0.582. The van der Waals surface area contributed by atoms with Crippen LogP contribution in [-0.2, 0) is 0 Å². The molecule has 0 radical (unpaired) electrons. The molecule has 0 aliphatic heterocycles. The number of aromatic nitrogens is 3. The van der Waals surface area contributed by atoms with E-state index in [1.165, 1.54) is 0 Å². The second kappa shape index (κ2) is 15.6. The van der Waals surface area contributed by atoms with E-state index in [1.807, 2.05) is 109 Å². The second-order valence-corrected chi connectivity index (χ2v) is 15.8. The Morgan fingerprint density at radius 3 is 0.922 bits per heavy atom. The largest absolute Gasteiger partial charge is 0.437 e. The molecule has 12 rings (SSSR count). The minimum atomic E-state index is 0.582. The van der Waals surface area contributed by atoms with Crippen LogP contribution in [0.1, 0.15) is 34.4 Å². The van der Waals surface area contributed by atoms with Crippen molar-refractivity contribution < 1.29 is 13.3 Å². The maximum Gasteiger partial charge on any atom is 0.220 e. The van der Waals surface area contributed by atoms with Crippen LogP contribution in [0, 0.1) is 0 Å². The van der Waals surface area contributed by atoms with E-state index in [2.05, 4.69) is 129 Å². The van der Waals surface area contributed by atoms with Gasteiger partial charge in [0, 0.05) is 35.3 Å². The molecule has 0 atom stereocenters. The molecular weight excluding hydrogens is 789 g/mol. The van der Waals surface area contributed by atoms with Gasteiger partial charge in [0.1, 0.15) is 16.6 Å². The van der Waals surface area contributed by atoms with Crippen molar-refractivity contribution in [2.75, 3.05) is 4.90 Å². The summed E-state index contributed by atoms with van der Waals surface area (Å²) in [6, 6.07) is 62.9. The van der Waals surface area contributed by atoms with Crippen LogP contribution in [0.15, 0.2) is 195 Å². The maximum absolute atomic E-state index is 5.92. The predicted molar refractivity (Wildman–Crippen MR) is 262 cm³/mol. The fourth-order valence-corrected chi connectivity index (χ4v) is 8.32. The molecule has 0 N–H and O–H groups in total. The highest BCUT2D eigenvalue weighted by Crippen LogP contribution is 2.39. The van der Waals surface area contributed by atoms with E-state index < -0.39 is 0 Å². The number of hydrogen-bond acceptors (Lipinski definition) is 7. The van der Waals surface area contributed by atoms with E-state index in [1.54, 1.807) is 0 Å². The Morgan fingerprint density at radius 1 is 0.297 bits per heavy atom. The molecule has 302 valence electrons. The van der Waals surface area contributed by atoms with Crippen molar-refractivity contribution in [3.05, 3.63) is 216 Å². The Morgan fingerprint density at radius 2 is 0.594 bits per heavy atom. The first-order valence-electron chi connectivity index (χ1n) is 21.1. The van der Waals surface area contributed by atoms with Gasteiger partial charge in [-0.1, -0.05) is 91.0 Å². The number of para-hydroxylation sites is 6. The van der Waals surface area contributed by atoms with Gasteiger partial charge in [-0.25, -0.2) is 15.0 Å². The van der Waals surface area contributed by atoms with Crippen molar-refractivity contribution in [3.63, 3.8) is 0 Å². The van der Waals surface area contributed by atoms with Gasteiger partial charge in [0.25, 0.3) is 0 Å². The van der Waals surface area contributed by atoms with Crippen molar-refractivity contribution in [2.45, 2.75) is 0 Å². The SMILES string of the molecule is C(=C\c1nc2ccccc2o1)/c1ccc2cc(N(c3ccc4cc(/C=C/c5nc6ccccc6o5)ccc4c3)c3ccc4cc(/C=C/c5nc6ccccc6o5)ccc4c3)ccc2c1. The molecule has 64 heavy (non-hydrogen) atoms. The first-order chi connectivity index (χ1) is 31.6. The molecule has 0 aliphatic rings. The van der Waals surface area contributed by atoms with Gasteiger partial charge < -0.3 is 18.2 Å². The molecule has 7 heteroatoms. The van der Waals surface area contributed by atoms with Gasteiger partial charge in [0.15, 0.2) is 16.7 Å². The lowest BCUT2D eigenvalue weighted by atomic mass is 10.0. The van der Waals surface area contributed by atoms with E-state index in [9.17, 15) is 0 Å². The van der Waals surface area contributed by atoms with Crippen LogP contribution in [0.4, 0.5) is 17.1 Å². The molecule has 0 spiro atoms. The summed E-state index contributed by atoms with van der Waals surface area (Å²) < 4.78 is 17.8. The molecule has 12 aromatic rings. The summed E-state index contributed by atoms with van der Waals surface area (Å²) in [4.78, 5) is 16.1. The van der Waals surface area contributed by atoms with Crippen molar-refractivity contribution in [3.8, 4) is 0 Å². The van der Waals surface area contributed by atoms with Crippen molar-refractivity contribution in [1.29, 1.82) is 0 Å². The van der Waals surface area contributed by atoms with E-state index in [4.69, 9.17) is 13.3 Å². The Kier molecular flexibility index (Phi) is 9.01. The lowest BCUT2D eigenvalue weighted by Crippen LogP contribution is -2.10. The van der Waals surface area contributed by atoms with E-state index >= 15 is 0 Å². The van der Waals surface area contributed by atoms with Crippen LogP contribution >= 0.6 is 0 Å². The zero-order valence-corrected chi connectivity index (χ0v) is 34.3. The normalized spacial score (nSPS) is 12.2. The van der Waals surface area contributed by atoms with Crippen molar-refractivity contribution in [2.24, 2.45) is 0 Å². The van der Waals surface area contributed by atoms with Crippen LogP contribution in [0.3, 0.4) is 0 Å². The van der Waals surface area contributed by atoms with Gasteiger partial charge >= 0.3 is 0 Å². The van der Waals surface area contributed by atoms with Crippen LogP contribution in [-0.4, -0.2) is 15.0 Å². The summed E-state index contributed by atoms with van der Waals surface area (Å²) in [7, 11) is 0. The fraction of sp³-hybridized carbons (Fsp3) is 0. The molecule has 0 amide bonds. The molecule has 3 aromatic heterocycles. The number of nitrogens with zero attached hydrogens (tertiary/aromatic N) is 4. The Labute approximate surface area is 367 Å². The third-order valence-electron chi connectivity index (χ3n) is 11.5. The summed E-state index contributed by atoms with van der Waals surface area (Å²) in [5.74, 6) is 1.75. The monoisotopic (exact) mass is 824 g/mol. The summed E-state index contributed by atoms with van der Waals surface area (Å²) in [6.45, 7) is 0. The number of oxazole rings is 3. The molecule has 3 heterocycles. The van der Waals surface area contributed by atoms with Gasteiger partial charge in [-0.2, -0.15) is 0 Å². The van der Waals surface area contributed by atoms with E-state index in [0.29, 0.717) is 17.7 Å². The van der Waals surface area contributed by atoms with E-state index in [-0.39, 0.29) is 0 Å². The third-order valence-corrected chi connectivity index (χ3v) is 11.5. The van der Waals surface area contributed by atoms with Crippen LogP contribution in [0.25, 0.3) is 102 Å². The number of rotatable bonds is 9. The Balaban J connectivity index is 0.881. The number of hydrogen-bond donors (Lipinski definition) is 0. The predicted octanol–water partition coefficient (Wildman–Crippen LogP) is 15.6. The van der Waals surface area contributed by atoms with Crippen LogP contribution < -0.4 is 4.90 Å². The fourth-order valence-electron chi connectivity index (χ4n) is 8.32. The summed E-state index contributed by atoms with van der Waals surface area (Å²) >= 11 is 0. The molecule has 0 fully saturated rings. The zero-order chi connectivity index (χ0) is 42.4. The smallest absolute Gasteiger partial charge is 0.220 e. The average Bonchev–Trinajstić information content (AvgIpc) is 4.08. The molecule has 0 saturated heterocycles. The lowest BCUT2D eigenvalue weighted by Gasteiger charge is -2.26.